The molecule has 1 N–H and O–H groups in total. The van der Waals surface area contributed by atoms with Crippen molar-refractivity contribution in [1.82, 2.24) is 10.3 Å². The van der Waals surface area contributed by atoms with Crippen LogP contribution in [-0.4, -0.2) is 12.0 Å². The minimum Gasteiger partial charge on any atom is -0.315 e. The summed E-state index contributed by atoms with van der Waals surface area (Å²) in [5.41, 5.74) is 3.14. The molecule has 0 amide bonds. The summed E-state index contributed by atoms with van der Waals surface area (Å²) in [4.78, 5) is 6.02. The highest BCUT2D eigenvalue weighted by molar-refractivity contribution is 7.15. The number of benzene rings is 1. The van der Waals surface area contributed by atoms with Gasteiger partial charge in [0.1, 0.15) is 10.8 Å². The van der Waals surface area contributed by atoms with Crippen molar-refractivity contribution in [2.45, 2.75) is 33.2 Å². The van der Waals surface area contributed by atoms with E-state index in [0.29, 0.717) is 0 Å². The maximum absolute atomic E-state index is 13.2. The number of aryl methyl sites for hydroxylation is 2. The lowest BCUT2D eigenvalue weighted by Gasteiger charge is -2.01. The maximum atomic E-state index is 13.2. The third-order valence-corrected chi connectivity index (χ3v) is 4.15. The van der Waals surface area contributed by atoms with E-state index in [4.69, 9.17) is 4.98 Å². The van der Waals surface area contributed by atoms with Crippen LogP contribution in [-0.2, 0) is 13.0 Å². The molecule has 2 rings (SSSR count). The van der Waals surface area contributed by atoms with Gasteiger partial charge in [-0.1, -0.05) is 13.3 Å². The van der Waals surface area contributed by atoms with E-state index in [1.165, 1.54) is 16.6 Å². The molecule has 2 aromatic rings. The fraction of sp³-hybridized carbons (Fsp3) is 0.400. The predicted octanol–water partition coefficient (Wildman–Crippen LogP) is 3.93. The number of nitrogens with one attached hydrogen (secondary N) is 1. The first-order chi connectivity index (χ1) is 9.15. The van der Waals surface area contributed by atoms with Gasteiger partial charge < -0.3 is 5.32 Å². The number of thiazole rings is 1. The lowest BCUT2D eigenvalue weighted by Crippen LogP contribution is -2.05. The molecule has 0 aliphatic heterocycles. The van der Waals surface area contributed by atoms with Gasteiger partial charge in [0.15, 0.2) is 0 Å². The molecule has 4 heteroatoms. The standard InChI is InChI=1S/C15H19FN2S/c1-4-5-13-14(9-17-3)19-15(18-13)12-7-6-11(16)8-10(12)2/h6-8,17H,4-5,9H2,1-3H3. The zero-order chi connectivity index (χ0) is 13.8. The first kappa shape index (κ1) is 14.2. The fourth-order valence-electron chi connectivity index (χ4n) is 2.10. The zero-order valence-corrected chi connectivity index (χ0v) is 12.4. The normalized spacial score (nSPS) is 10.9. The van der Waals surface area contributed by atoms with E-state index in [0.717, 1.165) is 35.5 Å². The molecule has 0 bridgehead atoms. The molecule has 0 unspecified atom stereocenters. The van der Waals surface area contributed by atoms with Crippen LogP contribution in [0.4, 0.5) is 4.39 Å². The topological polar surface area (TPSA) is 24.9 Å². The number of aromatic nitrogens is 1. The van der Waals surface area contributed by atoms with Crippen LogP contribution in [0.1, 0.15) is 29.5 Å². The van der Waals surface area contributed by atoms with E-state index in [9.17, 15) is 4.39 Å². The summed E-state index contributed by atoms with van der Waals surface area (Å²) < 4.78 is 13.2. The number of hydrogen-bond donors (Lipinski definition) is 1. The molecule has 0 atom stereocenters. The highest BCUT2D eigenvalue weighted by Gasteiger charge is 2.13. The molecule has 2 nitrogen and oxygen atoms in total. The lowest BCUT2D eigenvalue weighted by molar-refractivity contribution is 0.627. The molecular weight excluding hydrogens is 259 g/mol. The Hall–Kier alpha value is -1.26. The SMILES string of the molecule is CCCc1nc(-c2ccc(F)cc2C)sc1CNC. The highest BCUT2D eigenvalue weighted by atomic mass is 32.1. The van der Waals surface area contributed by atoms with Crippen LogP contribution in [0, 0.1) is 12.7 Å². The van der Waals surface area contributed by atoms with Crippen molar-refractivity contribution in [3.8, 4) is 10.6 Å². The molecule has 0 aliphatic rings. The second kappa shape index (κ2) is 6.26. The molecule has 102 valence electrons. The molecule has 19 heavy (non-hydrogen) atoms. The van der Waals surface area contributed by atoms with Gasteiger partial charge in [-0.15, -0.1) is 11.3 Å². The molecule has 0 saturated carbocycles. The smallest absolute Gasteiger partial charge is 0.124 e. The molecule has 0 saturated heterocycles. The lowest BCUT2D eigenvalue weighted by atomic mass is 10.1. The van der Waals surface area contributed by atoms with Gasteiger partial charge in [-0.2, -0.15) is 0 Å². The van der Waals surface area contributed by atoms with Crippen LogP contribution in [0.5, 0.6) is 0 Å². The van der Waals surface area contributed by atoms with E-state index in [1.807, 2.05) is 20.0 Å². The van der Waals surface area contributed by atoms with Crippen molar-refractivity contribution in [3.05, 3.63) is 40.2 Å². The number of nitrogens with zero attached hydrogens (tertiary/aromatic N) is 1. The van der Waals surface area contributed by atoms with Crippen LogP contribution >= 0.6 is 11.3 Å². The van der Waals surface area contributed by atoms with Gasteiger partial charge in [-0.05, 0) is 44.2 Å². The van der Waals surface area contributed by atoms with Crippen molar-refractivity contribution < 1.29 is 4.39 Å². The highest BCUT2D eigenvalue weighted by Crippen LogP contribution is 2.31. The van der Waals surface area contributed by atoms with E-state index < -0.39 is 0 Å². The van der Waals surface area contributed by atoms with Crippen molar-refractivity contribution in [3.63, 3.8) is 0 Å². The Kier molecular flexibility index (Phi) is 4.66. The van der Waals surface area contributed by atoms with E-state index in [2.05, 4.69) is 12.2 Å². The van der Waals surface area contributed by atoms with Crippen molar-refractivity contribution in [1.29, 1.82) is 0 Å². The van der Waals surface area contributed by atoms with Gasteiger partial charge in [-0.25, -0.2) is 9.37 Å². The van der Waals surface area contributed by atoms with Crippen molar-refractivity contribution in [2.24, 2.45) is 0 Å². The van der Waals surface area contributed by atoms with E-state index in [1.54, 1.807) is 17.4 Å². The second-order valence-electron chi connectivity index (χ2n) is 4.63. The molecule has 1 aromatic heterocycles. The summed E-state index contributed by atoms with van der Waals surface area (Å²) in [5.74, 6) is -0.193. The Balaban J connectivity index is 2.41. The first-order valence-electron chi connectivity index (χ1n) is 6.55. The van der Waals surface area contributed by atoms with Gasteiger partial charge in [0, 0.05) is 17.0 Å². The Bertz CT molecular complexity index is 540. The summed E-state index contributed by atoms with van der Waals surface area (Å²) >= 11 is 1.70. The van der Waals surface area contributed by atoms with Crippen LogP contribution < -0.4 is 5.32 Å². The fourth-order valence-corrected chi connectivity index (χ4v) is 3.31. The van der Waals surface area contributed by atoms with Crippen LogP contribution in [0.3, 0.4) is 0 Å². The van der Waals surface area contributed by atoms with Crippen LogP contribution in [0.15, 0.2) is 18.2 Å². The third-order valence-electron chi connectivity index (χ3n) is 3.02. The summed E-state index contributed by atoms with van der Waals surface area (Å²) in [6.07, 6.45) is 2.08. The van der Waals surface area contributed by atoms with Gasteiger partial charge in [-0.3, -0.25) is 0 Å². The van der Waals surface area contributed by atoms with Gasteiger partial charge >= 0.3 is 0 Å². The maximum Gasteiger partial charge on any atom is 0.124 e. The predicted molar refractivity (Wildman–Crippen MR) is 79.0 cm³/mol. The Morgan fingerprint density at radius 2 is 2.16 bits per heavy atom. The first-order valence-corrected chi connectivity index (χ1v) is 7.37. The Morgan fingerprint density at radius 1 is 1.37 bits per heavy atom. The molecule has 1 heterocycles. The average molecular weight is 278 g/mol. The number of hydrogen-bond acceptors (Lipinski definition) is 3. The minimum absolute atomic E-state index is 0.193. The van der Waals surface area contributed by atoms with E-state index >= 15 is 0 Å². The van der Waals surface area contributed by atoms with Gasteiger partial charge in [0.25, 0.3) is 0 Å². The Labute approximate surface area is 117 Å². The minimum atomic E-state index is -0.193. The molecular formula is C15H19FN2S. The van der Waals surface area contributed by atoms with Gasteiger partial charge in [0.05, 0.1) is 5.69 Å². The summed E-state index contributed by atoms with van der Waals surface area (Å²) in [7, 11) is 1.94. The second-order valence-corrected chi connectivity index (χ2v) is 5.71. The summed E-state index contributed by atoms with van der Waals surface area (Å²) in [6, 6.07) is 4.89. The molecule has 0 fully saturated rings. The third kappa shape index (κ3) is 3.19. The summed E-state index contributed by atoms with van der Waals surface area (Å²) in [5, 5.41) is 4.17. The van der Waals surface area contributed by atoms with Gasteiger partial charge in [0.2, 0.25) is 0 Å². The largest absolute Gasteiger partial charge is 0.315 e. The molecule has 1 aromatic carbocycles. The molecule has 0 aliphatic carbocycles. The Morgan fingerprint density at radius 3 is 2.79 bits per heavy atom. The molecule has 0 radical (unpaired) electrons. The van der Waals surface area contributed by atoms with Crippen LogP contribution in [0.2, 0.25) is 0 Å². The number of rotatable bonds is 5. The van der Waals surface area contributed by atoms with Crippen molar-refractivity contribution in [2.75, 3.05) is 7.05 Å². The van der Waals surface area contributed by atoms with Crippen molar-refractivity contribution >= 4 is 11.3 Å². The monoisotopic (exact) mass is 278 g/mol. The average Bonchev–Trinajstić information content (AvgIpc) is 2.73. The van der Waals surface area contributed by atoms with E-state index in [-0.39, 0.29) is 5.82 Å². The summed E-state index contributed by atoms with van der Waals surface area (Å²) in [6.45, 7) is 4.93. The zero-order valence-electron chi connectivity index (χ0n) is 11.6. The number of halogens is 1. The molecule has 0 spiro atoms. The quantitative estimate of drug-likeness (QED) is 0.896. The van der Waals surface area contributed by atoms with Crippen LogP contribution in [0.25, 0.3) is 10.6 Å².